The van der Waals surface area contributed by atoms with E-state index in [1.54, 1.807) is 0 Å². The van der Waals surface area contributed by atoms with Crippen molar-refractivity contribution in [2.75, 3.05) is 0 Å². The van der Waals surface area contributed by atoms with Gasteiger partial charge in [-0.1, -0.05) is 69.0 Å². The Labute approximate surface area is 157 Å². The number of nitrogens with zero attached hydrogens (tertiary/aromatic N) is 1. The van der Waals surface area contributed by atoms with E-state index in [1.807, 2.05) is 41.3 Å². The Balaban J connectivity index is 2.01. The number of carbonyl (C=O) groups excluding carboxylic acids is 2. The average molecular weight is 357 g/mol. The van der Waals surface area contributed by atoms with E-state index < -0.39 is 0 Å². The third kappa shape index (κ3) is 6.32. The summed E-state index contributed by atoms with van der Waals surface area (Å²) < 4.78 is 5.60. The number of hydrogen-bond donors (Lipinski definition) is 0. The van der Waals surface area contributed by atoms with Gasteiger partial charge in [-0.3, -0.25) is 9.69 Å². The number of piperidine rings is 1. The molecule has 2 atom stereocenters. The van der Waals surface area contributed by atoms with Crippen LogP contribution in [0.25, 0.3) is 0 Å². The van der Waals surface area contributed by atoms with Crippen molar-refractivity contribution in [1.29, 1.82) is 0 Å². The molecular weight excluding hydrogens is 326 g/mol. The summed E-state index contributed by atoms with van der Waals surface area (Å²) in [5, 5.41) is 0. The van der Waals surface area contributed by atoms with Gasteiger partial charge in [0.15, 0.2) is 0 Å². The van der Waals surface area contributed by atoms with Gasteiger partial charge in [-0.2, -0.15) is 0 Å². The molecule has 1 aromatic rings. The quantitative estimate of drug-likeness (QED) is 0.343. The van der Waals surface area contributed by atoms with E-state index in [4.69, 9.17) is 4.74 Å². The lowest BCUT2D eigenvalue weighted by Crippen LogP contribution is -2.49. The van der Waals surface area contributed by atoms with Gasteiger partial charge in [-0.25, -0.2) is 4.79 Å². The highest BCUT2D eigenvalue weighted by Gasteiger charge is 2.33. The molecule has 1 fully saturated rings. The standard InChI is InChI=1S/C22H31NO3/c1-2-3-4-8-13-20-14-9-15-21(16-10-17-24)23(20)22(25)26-18-19-11-6-5-7-12-19/h5-7,10-12,16-17,20-21H,2-4,8-9,13-15,18H2,1H3/b16-10+/t20-,21-/m1/s1. The Morgan fingerprint density at radius 2 is 2.00 bits per heavy atom. The van der Waals surface area contributed by atoms with Gasteiger partial charge in [0, 0.05) is 6.04 Å². The van der Waals surface area contributed by atoms with Gasteiger partial charge < -0.3 is 4.74 Å². The van der Waals surface area contributed by atoms with E-state index in [-0.39, 0.29) is 24.8 Å². The molecule has 4 heteroatoms. The summed E-state index contributed by atoms with van der Waals surface area (Å²) in [6, 6.07) is 9.89. The Morgan fingerprint density at radius 1 is 1.19 bits per heavy atom. The van der Waals surface area contributed by atoms with Crippen LogP contribution in [-0.4, -0.2) is 29.4 Å². The lowest BCUT2D eigenvalue weighted by atomic mass is 9.92. The van der Waals surface area contributed by atoms with Crippen LogP contribution in [0.15, 0.2) is 42.5 Å². The molecule has 0 radical (unpaired) electrons. The van der Waals surface area contributed by atoms with Crippen LogP contribution in [-0.2, 0) is 16.1 Å². The molecule has 26 heavy (non-hydrogen) atoms. The molecule has 1 saturated heterocycles. The second kappa shape index (κ2) is 11.5. The molecule has 0 aliphatic carbocycles. The zero-order valence-electron chi connectivity index (χ0n) is 15.8. The molecule has 0 bridgehead atoms. The van der Waals surface area contributed by atoms with Gasteiger partial charge in [-0.05, 0) is 37.3 Å². The maximum Gasteiger partial charge on any atom is 0.410 e. The number of hydrogen-bond acceptors (Lipinski definition) is 3. The van der Waals surface area contributed by atoms with Crippen LogP contribution in [0.2, 0.25) is 0 Å². The molecular formula is C22H31NO3. The smallest absolute Gasteiger partial charge is 0.410 e. The number of rotatable bonds is 9. The van der Waals surface area contributed by atoms with Crippen molar-refractivity contribution in [3.05, 3.63) is 48.0 Å². The van der Waals surface area contributed by atoms with E-state index in [0.717, 1.165) is 44.0 Å². The first-order valence-electron chi connectivity index (χ1n) is 9.87. The summed E-state index contributed by atoms with van der Waals surface area (Å²) >= 11 is 0. The van der Waals surface area contributed by atoms with Crippen LogP contribution in [0.4, 0.5) is 4.79 Å². The van der Waals surface area contributed by atoms with E-state index in [2.05, 4.69) is 6.92 Å². The normalized spacial score (nSPS) is 20.3. The number of ether oxygens (including phenoxy) is 1. The highest BCUT2D eigenvalue weighted by Crippen LogP contribution is 2.28. The number of carbonyl (C=O) groups is 2. The van der Waals surface area contributed by atoms with Crippen LogP contribution in [0, 0.1) is 0 Å². The number of unbranched alkanes of at least 4 members (excludes halogenated alkanes) is 3. The van der Waals surface area contributed by atoms with Crippen LogP contribution >= 0.6 is 0 Å². The lowest BCUT2D eigenvalue weighted by molar-refractivity contribution is -0.104. The van der Waals surface area contributed by atoms with Gasteiger partial charge in [0.1, 0.15) is 12.9 Å². The summed E-state index contributed by atoms with van der Waals surface area (Å²) in [5.41, 5.74) is 0.984. The zero-order valence-corrected chi connectivity index (χ0v) is 15.8. The van der Waals surface area contributed by atoms with Crippen LogP contribution in [0.1, 0.15) is 63.9 Å². The zero-order chi connectivity index (χ0) is 18.6. The largest absolute Gasteiger partial charge is 0.445 e. The molecule has 142 valence electrons. The highest BCUT2D eigenvalue weighted by atomic mass is 16.6. The highest BCUT2D eigenvalue weighted by molar-refractivity contribution is 5.70. The molecule has 1 aromatic carbocycles. The first-order valence-corrected chi connectivity index (χ1v) is 9.87. The maximum absolute atomic E-state index is 12.8. The monoisotopic (exact) mass is 357 g/mol. The predicted molar refractivity (Wildman–Crippen MR) is 104 cm³/mol. The molecule has 0 spiro atoms. The number of benzene rings is 1. The number of amides is 1. The van der Waals surface area contributed by atoms with Crippen molar-refractivity contribution in [2.24, 2.45) is 0 Å². The van der Waals surface area contributed by atoms with Crippen molar-refractivity contribution in [3.8, 4) is 0 Å². The van der Waals surface area contributed by atoms with E-state index in [0.29, 0.717) is 0 Å². The minimum Gasteiger partial charge on any atom is -0.445 e. The lowest BCUT2D eigenvalue weighted by Gasteiger charge is -2.40. The second-order valence-electron chi connectivity index (χ2n) is 6.97. The van der Waals surface area contributed by atoms with Gasteiger partial charge in [-0.15, -0.1) is 0 Å². The van der Waals surface area contributed by atoms with Crippen molar-refractivity contribution < 1.29 is 14.3 Å². The Hall–Kier alpha value is -2.10. The molecule has 1 aliphatic heterocycles. The summed E-state index contributed by atoms with van der Waals surface area (Å²) in [7, 11) is 0. The number of allylic oxidation sites excluding steroid dienone is 1. The molecule has 1 aliphatic rings. The van der Waals surface area contributed by atoms with Crippen molar-refractivity contribution >= 4 is 12.4 Å². The first-order chi connectivity index (χ1) is 12.8. The topological polar surface area (TPSA) is 46.6 Å². The van der Waals surface area contributed by atoms with Crippen LogP contribution in [0.5, 0.6) is 0 Å². The summed E-state index contributed by atoms with van der Waals surface area (Å²) in [4.78, 5) is 25.4. The Kier molecular flexibility index (Phi) is 8.94. The molecule has 0 unspecified atom stereocenters. The van der Waals surface area contributed by atoms with Gasteiger partial charge >= 0.3 is 6.09 Å². The minimum absolute atomic E-state index is 0.0478. The molecule has 0 saturated carbocycles. The molecule has 2 rings (SSSR count). The summed E-state index contributed by atoms with van der Waals surface area (Å²) in [5.74, 6) is 0. The summed E-state index contributed by atoms with van der Waals surface area (Å²) in [6.07, 6.45) is 12.6. The van der Waals surface area contributed by atoms with Gasteiger partial charge in [0.2, 0.25) is 0 Å². The maximum atomic E-state index is 12.8. The molecule has 1 amide bonds. The van der Waals surface area contributed by atoms with E-state index in [9.17, 15) is 9.59 Å². The van der Waals surface area contributed by atoms with Crippen molar-refractivity contribution in [2.45, 2.75) is 77.0 Å². The van der Waals surface area contributed by atoms with Crippen LogP contribution in [0.3, 0.4) is 0 Å². The molecule has 1 heterocycles. The Morgan fingerprint density at radius 3 is 2.73 bits per heavy atom. The molecule has 4 nitrogen and oxygen atoms in total. The Bertz CT molecular complexity index is 570. The van der Waals surface area contributed by atoms with Crippen LogP contribution < -0.4 is 0 Å². The molecule has 0 aromatic heterocycles. The van der Waals surface area contributed by atoms with E-state index in [1.165, 1.54) is 25.3 Å². The first kappa shape index (κ1) is 20.2. The van der Waals surface area contributed by atoms with Gasteiger partial charge in [0.25, 0.3) is 0 Å². The average Bonchev–Trinajstić information content (AvgIpc) is 2.68. The fraction of sp³-hybridized carbons (Fsp3) is 0.545. The third-order valence-corrected chi connectivity index (χ3v) is 5.01. The molecule has 0 N–H and O–H groups in total. The predicted octanol–water partition coefficient (Wildman–Crippen LogP) is 5.27. The fourth-order valence-corrected chi connectivity index (χ4v) is 3.64. The van der Waals surface area contributed by atoms with Crippen molar-refractivity contribution in [1.82, 2.24) is 4.90 Å². The second-order valence-corrected chi connectivity index (χ2v) is 6.97. The fourth-order valence-electron chi connectivity index (χ4n) is 3.64. The minimum atomic E-state index is -0.269. The van der Waals surface area contributed by atoms with E-state index >= 15 is 0 Å². The third-order valence-electron chi connectivity index (χ3n) is 5.01. The summed E-state index contributed by atoms with van der Waals surface area (Å²) in [6.45, 7) is 2.48. The van der Waals surface area contributed by atoms with Gasteiger partial charge in [0.05, 0.1) is 6.04 Å². The van der Waals surface area contributed by atoms with Crippen molar-refractivity contribution in [3.63, 3.8) is 0 Å². The number of likely N-dealkylation sites (tertiary alicyclic amines) is 1. The SMILES string of the molecule is CCCCCC[C@@H]1CCC[C@H](/C=C/C=O)N1C(=O)OCc1ccccc1. The number of aldehydes is 1.